The minimum atomic E-state index is -3.15. The van der Waals surface area contributed by atoms with Crippen LogP contribution in [0.1, 0.15) is 11.1 Å². The Bertz CT molecular complexity index is 1200. The molecule has 2 atom stereocenters. The number of amides is 1. The van der Waals surface area contributed by atoms with Gasteiger partial charge in [0.1, 0.15) is 0 Å². The Morgan fingerprint density at radius 2 is 1.91 bits per heavy atom. The number of carbonyl (C=O) groups is 1. The maximum atomic E-state index is 12.9. The molecule has 0 N–H and O–H groups in total. The average Bonchev–Trinajstić information content (AvgIpc) is 3.20. The number of sulfone groups is 1. The minimum Gasteiger partial charge on any atom is -0.493 e. The van der Waals surface area contributed by atoms with Crippen LogP contribution < -0.4 is 14.4 Å². The number of fused-ring (bicyclic) bond motifs is 1. The zero-order chi connectivity index (χ0) is 23.0. The van der Waals surface area contributed by atoms with Crippen molar-refractivity contribution in [3.8, 4) is 11.5 Å². The molecule has 0 radical (unpaired) electrons. The molecule has 32 heavy (non-hydrogen) atoms. The van der Waals surface area contributed by atoms with E-state index >= 15 is 0 Å². The highest BCUT2D eigenvalue weighted by Gasteiger charge is 2.49. The number of aliphatic imine (C=N–C) groups is 1. The number of anilines is 1. The number of methoxy groups -OCH3 is 2. The van der Waals surface area contributed by atoms with Crippen molar-refractivity contribution >= 4 is 50.0 Å². The van der Waals surface area contributed by atoms with Crippen LogP contribution in [0.4, 0.5) is 5.69 Å². The SMILES string of the molecule is COc1ccc(CC(=O)N=C2S[C@@H]3CS(=O)(=O)C[C@@H]3N2c2cc(Cl)ccc2C)cc1OC. The van der Waals surface area contributed by atoms with E-state index in [1.165, 1.54) is 18.9 Å². The fourth-order valence-electron chi connectivity index (χ4n) is 4.00. The molecule has 4 rings (SSSR count). The zero-order valence-electron chi connectivity index (χ0n) is 17.9. The Morgan fingerprint density at radius 3 is 2.62 bits per heavy atom. The lowest BCUT2D eigenvalue weighted by atomic mass is 10.1. The Kier molecular flexibility index (Phi) is 6.42. The van der Waals surface area contributed by atoms with E-state index in [4.69, 9.17) is 21.1 Å². The summed E-state index contributed by atoms with van der Waals surface area (Å²) >= 11 is 7.57. The van der Waals surface area contributed by atoms with Crippen molar-refractivity contribution < 1.29 is 22.7 Å². The minimum absolute atomic E-state index is 0.0273. The van der Waals surface area contributed by atoms with Crippen molar-refractivity contribution in [2.75, 3.05) is 30.6 Å². The summed E-state index contributed by atoms with van der Waals surface area (Å²) in [7, 11) is -0.0557. The van der Waals surface area contributed by atoms with Gasteiger partial charge in [0.15, 0.2) is 26.5 Å². The highest BCUT2D eigenvalue weighted by atomic mass is 35.5. The van der Waals surface area contributed by atoms with Crippen LogP contribution in [0.5, 0.6) is 11.5 Å². The maximum Gasteiger partial charge on any atom is 0.252 e. The molecule has 2 aliphatic rings. The molecule has 2 aromatic carbocycles. The van der Waals surface area contributed by atoms with Crippen LogP contribution >= 0.6 is 23.4 Å². The third-order valence-electron chi connectivity index (χ3n) is 5.52. The summed E-state index contributed by atoms with van der Waals surface area (Å²) in [5, 5.41) is 0.868. The van der Waals surface area contributed by atoms with E-state index in [0.29, 0.717) is 21.7 Å². The van der Waals surface area contributed by atoms with E-state index in [9.17, 15) is 13.2 Å². The topological polar surface area (TPSA) is 85.3 Å². The second-order valence-electron chi connectivity index (χ2n) is 7.76. The number of carbonyl (C=O) groups excluding carboxylic acids is 1. The Balaban J connectivity index is 1.65. The van der Waals surface area contributed by atoms with Crippen LogP contribution in [0.15, 0.2) is 41.4 Å². The van der Waals surface area contributed by atoms with Gasteiger partial charge in [-0.2, -0.15) is 4.99 Å². The second-order valence-corrected chi connectivity index (χ2v) is 11.6. The molecular weight excluding hydrogens is 472 g/mol. The van der Waals surface area contributed by atoms with Gasteiger partial charge in [0.2, 0.25) is 0 Å². The van der Waals surface area contributed by atoms with Crippen molar-refractivity contribution in [1.29, 1.82) is 0 Å². The van der Waals surface area contributed by atoms with Crippen LogP contribution in [0.25, 0.3) is 0 Å². The summed E-state index contributed by atoms with van der Waals surface area (Å²) < 4.78 is 35.1. The number of ether oxygens (including phenoxy) is 2. The van der Waals surface area contributed by atoms with Gasteiger partial charge in [0.25, 0.3) is 5.91 Å². The quantitative estimate of drug-likeness (QED) is 0.628. The molecule has 170 valence electrons. The van der Waals surface area contributed by atoms with Gasteiger partial charge in [-0.1, -0.05) is 35.5 Å². The first-order valence-electron chi connectivity index (χ1n) is 9.95. The lowest BCUT2D eigenvalue weighted by Crippen LogP contribution is -2.38. The van der Waals surface area contributed by atoms with Gasteiger partial charge < -0.3 is 14.4 Å². The fourth-order valence-corrected chi connectivity index (χ4v) is 8.09. The van der Waals surface area contributed by atoms with Crippen LogP contribution in [0.3, 0.4) is 0 Å². The lowest BCUT2D eigenvalue weighted by molar-refractivity contribution is -0.117. The third-order valence-corrected chi connectivity index (χ3v) is 8.97. The summed E-state index contributed by atoms with van der Waals surface area (Å²) in [6.07, 6.45) is 0.0837. The first-order valence-corrected chi connectivity index (χ1v) is 13.0. The van der Waals surface area contributed by atoms with Gasteiger partial charge in [-0.25, -0.2) is 8.42 Å². The summed E-state index contributed by atoms with van der Waals surface area (Å²) in [4.78, 5) is 19.1. The smallest absolute Gasteiger partial charge is 0.252 e. The normalized spacial score (nSPS) is 22.8. The van der Waals surface area contributed by atoms with Crippen molar-refractivity contribution in [3.05, 3.63) is 52.5 Å². The summed E-state index contributed by atoms with van der Waals surface area (Å²) in [6, 6.07) is 10.5. The molecule has 0 unspecified atom stereocenters. The number of benzene rings is 2. The molecule has 0 aromatic heterocycles. The van der Waals surface area contributed by atoms with Gasteiger partial charge in [0, 0.05) is 16.0 Å². The molecule has 0 saturated carbocycles. The molecule has 2 aromatic rings. The summed E-state index contributed by atoms with van der Waals surface area (Å²) in [6.45, 7) is 1.93. The van der Waals surface area contributed by atoms with Crippen LogP contribution in [0.2, 0.25) is 5.02 Å². The maximum absolute atomic E-state index is 12.9. The first-order chi connectivity index (χ1) is 15.2. The van der Waals surface area contributed by atoms with E-state index in [0.717, 1.165) is 16.8 Å². The predicted molar refractivity (Wildman–Crippen MR) is 128 cm³/mol. The number of hydrogen-bond acceptors (Lipinski definition) is 6. The van der Waals surface area contributed by atoms with Crippen LogP contribution in [0, 0.1) is 6.92 Å². The average molecular weight is 495 g/mol. The number of hydrogen-bond donors (Lipinski definition) is 0. The summed E-state index contributed by atoms with van der Waals surface area (Å²) in [5.74, 6) is 0.891. The molecule has 10 heteroatoms. The van der Waals surface area contributed by atoms with E-state index in [2.05, 4.69) is 4.99 Å². The number of thioether (sulfide) groups is 1. The van der Waals surface area contributed by atoms with Crippen LogP contribution in [-0.2, 0) is 21.1 Å². The van der Waals surface area contributed by atoms with Crippen molar-refractivity contribution in [2.45, 2.75) is 24.6 Å². The molecule has 7 nitrogen and oxygen atoms in total. The van der Waals surface area contributed by atoms with Crippen molar-refractivity contribution in [2.24, 2.45) is 4.99 Å². The first kappa shape index (κ1) is 22.9. The standard InChI is InChI=1S/C22H23ClN2O5S2/c1-13-4-6-15(23)10-16(13)25-17-11-32(27,28)12-20(17)31-22(25)24-21(26)9-14-5-7-18(29-2)19(8-14)30-3/h4-8,10,17,20H,9,11-12H2,1-3H3/t17-,20+/m0/s1. The van der Waals surface area contributed by atoms with Crippen LogP contribution in [-0.4, -0.2) is 56.5 Å². The molecule has 0 aliphatic carbocycles. The molecule has 2 aliphatic heterocycles. The number of amidine groups is 1. The molecule has 2 saturated heterocycles. The van der Waals surface area contributed by atoms with Gasteiger partial charge in [-0.15, -0.1) is 0 Å². The molecule has 2 heterocycles. The number of rotatable bonds is 5. The Hall–Kier alpha value is -2.23. The van der Waals surface area contributed by atoms with E-state index in [1.54, 1.807) is 37.4 Å². The summed E-state index contributed by atoms with van der Waals surface area (Å²) in [5.41, 5.74) is 2.44. The second kappa shape index (κ2) is 8.96. The van der Waals surface area contributed by atoms with E-state index in [1.807, 2.05) is 17.9 Å². The van der Waals surface area contributed by atoms with Crippen molar-refractivity contribution in [3.63, 3.8) is 0 Å². The van der Waals surface area contributed by atoms with Gasteiger partial charge >= 0.3 is 0 Å². The molecule has 1 amide bonds. The van der Waals surface area contributed by atoms with Crippen molar-refractivity contribution in [1.82, 2.24) is 0 Å². The monoisotopic (exact) mass is 494 g/mol. The predicted octanol–water partition coefficient (Wildman–Crippen LogP) is 3.51. The number of halogens is 1. The third kappa shape index (κ3) is 4.60. The zero-order valence-corrected chi connectivity index (χ0v) is 20.3. The highest BCUT2D eigenvalue weighted by molar-refractivity contribution is 8.16. The number of aryl methyl sites for hydroxylation is 1. The lowest BCUT2D eigenvalue weighted by Gasteiger charge is -2.26. The molecule has 0 spiro atoms. The molecule has 2 fully saturated rings. The number of nitrogens with zero attached hydrogens (tertiary/aromatic N) is 2. The highest BCUT2D eigenvalue weighted by Crippen LogP contribution is 2.42. The Morgan fingerprint density at radius 1 is 1.16 bits per heavy atom. The molecule has 0 bridgehead atoms. The van der Waals surface area contributed by atoms with E-state index < -0.39 is 9.84 Å². The Labute approximate surface area is 196 Å². The largest absolute Gasteiger partial charge is 0.493 e. The van der Waals surface area contributed by atoms with Gasteiger partial charge in [-0.05, 0) is 42.3 Å². The van der Waals surface area contributed by atoms with Gasteiger partial charge in [-0.3, -0.25) is 4.79 Å². The fraction of sp³-hybridized carbons (Fsp3) is 0.364. The van der Waals surface area contributed by atoms with E-state index in [-0.39, 0.29) is 35.1 Å². The van der Waals surface area contributed by atoms with Gasteiger partial charge in [0.05, 0.1) is 38.2 Å². The molecular formula is C22H23ClN2O5S2.